The van der Waals surface area contributed by atoms with Gasteiger partial charge >= 0.3 is 0 Å². The average molecular weight is 466 g/mol. The Morgan fingerprint density at radius 1 is 1.23 bits per heavy atom. The summed E-state index contributed by atoms with van der Waals surface area (Å²) in [6.07, 6.45) is 6.10. The Balaban J connectivity index is 1.43. The van der Waals surface area contributed by atoms with Crippen LogP contribution in [-0.2, 0) is 14.8 Å². The Labute approximate surface area is 185 Å². The lowest BCUT2D eigenvalue weighted by atomic mass is 9.99. The molecule has 0 unspecified atom stereocenters. The molecule has 2 fully saturated rings. The van der Waals surface area contributed by atoms with E-state index in [2.05, 4.69) is 22.2 Å². The predicted molar refractivity (Wildman–Crippen MR) is 117 cm³/mol. The Hall–Kier alpha value is -2.24. The van der Waals surface area contributed by atoms with Gasteiger partial charge in [0.1, 0.15) is 10.6 Å². The summed E-state index contributed by atoms with van der Waals surface area (Å²) in [6, 6.07) is 1.41. The first-order chi connectivity index (χ1) is 14.8. The van der Waals surface area contributed by atoms with E-state index in [1.165, 1.54) is 27.9 Å². The number of anilines is 1. The molecule has 0 aromatic carbocycles. The van der Waals surface area contributed by atoms with Crippen LogP contribution in [0.4, 0.5) is 5.13 Å². The molecule has 31 heavy (non-hydrogen) atoms. The summed E-state index contributed by atoms with van der Waals surface area (Å²) in [5.74, 6) is -0.238. The first kappa shape index (κ1) is 22.0. The van der Waals surface area contributed by atoms with Crippen LogP contribution in [-0.4, -0.2) is 65.6 Å². The largest absolute Gasteiger partial charge is 0.356 e. The normalized spacial score (nSPS) is 21.2. The number of hydrogen-bond acceptors (Lipinski definition) is 6. The minimum Gasteiger partial charge on any atom is -0.356 e. The highest BCUT2D eigenvalue weighted by molar-refractivity contribution is 7.89. The molecule has 2 aromatic heterocycles. The van der Waals surface area contributed by atoms with Crippen molar-refractivity contribution in [2.75, 3.05) is 31.5 Å². The van der Waals surface area contributed by atoms with E-state index in [1.54, 1.807) is 16.5 Å². The lowest BCUT2D eigenvalue weighted by Crippen LogP contribution is -2.43. The highest BCUT2D eigenvalue weighted by Gasteiger charge is 2.34. The number of rotatable bonds is 5. The molecule has 4 heterocycles. The van der Waals surface area contributed by atoms with E-state index in [4.69, 9.17) is 0 Å². The smallest absolute Gasteiger partial charge is 0.270 e. The van der Waals surface area contributed by atoms with Crippen LogP contribution in [0.15, 0.2) is 28.7 Å². The van der Waals surface area contributed by atoms with Crippen molar-refractivity contribution in [3.8, 4) is 0 Å². The van der Waals surface area contributed by atoms with Crippen LogP contribution >= 0.6 is 11.3 Å². The van der Waals surface area contributed by atoms with Crippen molar-refractivity contribution < 1.29 is 18.0 Å². The van der Waals surface area contributed by atoms with Crippen molar-refractivity contribution in [2.24, 2.45) is 11.8 Å². The first-order valence-electron chi connectivity index (χ1n) is 10.5. The predicted octanol–water partition coefficient (Wildman–Crippen LogP) is 2.38. The summed E-state index contributed by atoms with van der Waals surface area (Å²) < 4.78 is 27.7. The molecular weight excluding hydrogens is 438 g/mol. The van der Waals surface area contributed by atoms with Crippen molar-refractivity contribution in [3.05, 3.63) is 29.5 Å². The molecule has 9 nitrogen and oxygen atoms in total. The zero-order valence-corrected chi connectivity index (χ0v) is 19.0. The minimum absolute atomic E-state index is 0.0576. The fourth-order valence-electron chi connectivity index (χ4n) is 4.05. The third kappa shape index (κ3) is 4.83. The molecule has 0 saturated carbocycles. The monoisotopic (exact) mass is 465 g/mol. The van der Waals surface area contributed by atoms with Gasteiger partial charge in [-0.2, -0.15) is 4.31 Å². The van der Waals surface area contributed by atoms with Crippen LogP contribution in [0.3, 0.4) is 0 Å². The van der Waals surface area contributed by atoms with E-state index in [9.17, 15) is 18.0 Å². The van der Waals surface area contributed by atoms with Gasteiger partial charge in [-0.1, -0.05) is 6.92 Å². The second-order valence-corrected chi connectivity index (χ2v) is 11.1. The maximum atomic E-state index is 13.2. The number of carbonyl (C=O) groups excluding carboxylic acids is 2. The van der Waals surface area contributed by atoms with Crippen molar-refractivity contribution in [3.63, 3.8) is 0 Å². The van der Waals surface area contributed by atoms with E-state index in [-0.39, 0.29) is 28.9 Å². The summed E-state index contributed by atoms with van der Waals surface area (Å²) in [7, 11) is -3.80. The van der Waals surface area contributed by atoms with Gasteiger partial charge in [0.05, 0.1) is 5.92 Å². The number of nitrogens with one attached hydrogen (secondary N) is 2. The number of aromatic amines is 1. The Bertz CT molecular complexity index is 1030. The van der Waals surface area contributed by atoms with E-state index in [1.807, 2.05) is 0 Å². The number of carbonyl (C=O) groups is 2. The zero-order chi connectivity index (χ0) is 22.0. The summed E-state index contributed by atoms with van der Waals surface area (Å²) in [6.45, 7) is 4.00. The highest BCUT2D eigenvalue weighted by Crippen LogP contribution is 2.26. The number of piperidine rings is 2. The highest BCUT2D eigenvalue weighted by atomic mass is 32.2. The number of likely N-dealkylation sites (tertiary alicyclic amines) is 1. The topological polar surface area (TPSA) is 115 Å². The zero-order valence-electron chi connectivity index (χ0n) is 17.4. The minimum atomic E-state index is -3.80. The van der Waals surface area contributed by atoms with Gasteiger partial charge in [-0.05, 0) is 37.7 Å². The van der Waals surface area contributed by atoms with Gasteiger partial charge in [0.25, 0.3) is 5.91 Å². The molecule has 1 atom stereocenters. The van der Waals surface area contributed by atoms with Gasteiger partial charge in [-0.15, -0.1) is 11.3 Å². The van der Waals surface area contributed by atoms with Gasteiger partial charge in [-0.25, -0.2) is 13.4 Å². The summed E-state index contributed by atoms with van der Waals surface area (Å²) in [5.41, 5.74) is 0.281. The van der Waals surface area contributed by atoms with Crippen molar-refractivity contribution in [1.82, 2.24) is 19.2 Å². The quantitative estimate of drug-likeness (QED) is 0.703. The van der Waals surface area contributed by atoms with Gasteiger partial charge < -0.3 is 15.2 Å². The SMILES string of the molecule is CC1CCN(C(=O)c2cc(S(=O)(=O)N3CCC[C@@H](C(=O)Nc4nccs4)C3)c[nH]2)CC1. The van der Waals surface area contributed by atoms with Crippen LogP contribution in [0, 0.1) is 11.8 Å². The van der Waals surface area contributed by atoms with Crippen molar-refractivity contribution in [1.29, 1.82) is 0 Å². The molecule has 0 aliphatic carbocycles. The number of amides is 2. The standard InChI is InChI=1S/C20H27N5O4S2/c1-14-4-8-24(9-5-14)19(27)17-11-16(12-22-17)31(28,29)25-7-2-3-15(13-25)18(26)23-20-21-6-10-30-20/h6,10-12,14-15,22H,2-5,7-9,13H2,1H3,(H,21,23,26)/t15-/m1/s1. The molecule has 11 heteroatoms. The molecule has 2 aliphatic rings. The number of thiazole rings is 1. The fourth-order valence-corrected chi connectivity index (χ4v) is 6.10. The number of nitrogens with zero attached hydrogens (tertiary/aromatic N) is 3. The molecule has 0 spiro atoms. The molecule has 2 N–H and O–H groups in total. The Morgan fingerprint density at radius 3 is 2.71 bits per heavy atom. The van der Waals surface area contributed by atoms with Gasteiger partial charge in [0.2, 0.25) is 15.9 Å². The fraction of sp³-hybridized carbons (Fsp3) is 0.550. The number of H-pyrrole nitrogens is 1. The van der Waals surface area contributed by atoms with Crippen LogP contribution in [0.5, 0.6) is 0 Å². The lowest BCUT2D eigenvalue weighted by Gasteiger charge is -2.30. The summed E-state index contributed by atoms with van der Waals surface area (Å²) in [4.78, 5) is 34.0. The number of hydrogen-bond donors (Lipinski definition) is 2. The molecule has 2 amide bonds. The summed E-state index contributed by atoms with van der Waals surface area (Å²) >= 11 is 1.32. The molecule has 0 bridgehead atoms. The maximum Gasteiger partial charge on any atom is 0.270 e. The Kier molecular flexibility index (Phi) is 6.44. The summed E-state index contributed by atoms with van der Waals surface area (Å²) in [5, 5.41) is 5.02. The molecule has 2 saturated heterocycles. The van der Waals surface area contributed by atoms with Crippen molar-refractivity contribution in [2.45, 2.75) is 37.5 Å². The second-order valence-electron chi connectivity index (χ2n) is 8.25. The molecule has 4 rings (SSSR count). The molecule has 2 aromatic rings. The van der Waals surface area contributed by atoms with Crippen LogP contribution in [0.1, 0.15) is 43.1 Å². The van der Waals surface area contributed by atoms with Gasteiger partial charge in [0.15, 0.2) is 5.13 Å². The van der Waals surface area contributed by atoms with Crippen LogP contribution in [0.2, 0.25) is 0 Å². The molecule has 2 aliphatic heterocycles. The second kappa shape index (κ2) is 9.09. The average Bonchev–Trinajstić information content (AvgIpc) is 3.46. The number of sulfonamides is 1. The van der Waals surface area contributed by atoms with E-state index < -0.39 is 15.9 Å². The maximum absolute atomic E-state index is 13.2. The first-order valence-corrected chi connectivity index (χ1v) is 12.8. The van der Waals surface area contributed by atoms with E-state index in [0.29, 0.717) is 43.5 Å². The van der Waals surface area contributed by atoms with Crippen LogP contribution in [0.25, 0.3) is 0 Å². The van der Waals surface area contributed by atoms with E-state index in [0.717, 1.165) is 12.8 Å². The third-order valence-electron chi connectivity index (χ3n) is 6.01. The van der Waals surface area contributed by atoms with Gasteiger partial charge in [0, 0.05) is 44.0 Å². The molecular formula is C20H27N5O4S2. The molecule has 0 radical (unpaired) electrons. The van der Waals surface area contributed by atoms with E-state index >= 15 is 0 Å². The van der Waals surface area contributed by atoms with Crippen LogP contribution < -0.4 is 5.32 Å². The molecule has 168 valence electrons. The third-order valence-corrected chi connectivity index (χ3v) is 8.54. The Morgan fingerprint density at radius 2 is 2.00 bits per heavy atom. The van der Waals surface area contributed by atoms with Gasteiger partial charge in [-0.3, -0.25) is 9.59 Å². The number of aromatic nitrogens is 2. The van der Waals surface area contributed by atoms with Crippen molar-refractivity contribution >= 4 is 38.3 Å². The lowest BCUT2D eigenvalue weighted by molar-refractivity contribution is -0.120.